The average molecular weight is 402 g/mol. The second-order valence-corrected chi connectivity index (χ2v) is 5.83. The van der Waals surface area contributed by atoms with Crippen molar-refractivity contribution >= 4 is 17.6 Å². The van der Waals surface area contributed by atoms with Crippen molar-refractivity contribution in [3.05, 3.63) is 65.5 Å². The largest absolute Gasteiger partial charge is 0.465 e. The first kappa shape index (κ1) is 19.9. The van der Waals surface area contributed by atoms with E-state index < -0.39 is 18.5 Å². The minimum Gasteiger partial charge on any atom is -0.465 e. The monoisotopic (exact) mass is 402 g/mol. The maximum atomic E-state index is 12.5. The number of halogens is 2. The van der Waals surface area contributed by atoms with Crippen molar-refractivity contribution in [2.45, 2.75) is 13.5 Å². The molecule has 0 unspecified atom stereocenters. The molecule has 0 aliphatic carbocycles. The Labute approximate surface area is 164 Å². The Morgan fingerprint density at radius 2 is 1.72 bits per heavy atom. The standard InChI is InChI=1S/C19H16F2N4O4/c1-11-16(17(26)22-13-5-3-12(4-6-13)18(27)28-2)23-24-25(11)14-7-9-15(10-8-14)29-19(20)21/h3-10,19H,1-2H3,(H,22,26). The molecule has 1 heterocycles. The average Bonchev–Trinajstić information content (AvgIpc) is 3.09. The molecule has 0 atom stereocenters. The van der Waals surface area contributed by atoms with E-state index in [2.05, 4.69) is 25.1 Å². The number of alkyl halides is 2. The van der Waals surface area contributed by atoms with Gasteiger partial charge in [-0.1, -0.05) is 5.21 Å². The van der Waals surface area contributed by atoms with Crippen molar-refractivity contribution in [1.82, 2.24) is 15.0 Å². The van der Waals surface area contributed by atoms with Crippen LogP contribution in [0.2, 0.25) is 0 Å². The number of nitrogens with one attached hydrogen (secondary N) is 1. The van der Waals surface area contributed by atoms with Crippen LogP contribution in [0.1, 0.15) is 26.5 Å². The Morgan fingerprint density at radius 3 is 2.31 bits per heavy atom. The molecule has 3 rings (SSSR count). The van der Waals surface area contributed by atoms with Crippen molar-refractivity contribution in [2.24, 2.45) is 0 Å². The van der Waals surface area contributed by atoms with E-state index in [1.807, 2.05) is 0 Å². The number of ether oxygens (including phenoxy) is 2. The molecule has 0 fully saturated rings. The van der Waals surface area contributed by atoms with Crippen LogP contribution in [-0.4, -0.2) is 40.6 Å². The second kappa shape index (κ2) is 8.46. The highest BCUT2D eigenvalue weighted by Crippen LogP contribution is 2.19. The fraction of sp³-hybridized carbons (Fsp3) is 0.158. The molecule has 0 radical (unpaired) electrons. The Balaban J connectivity index is 1.74. The highest BCUT2D eigenvalue weighted by atomic mass is 19.3. The Morgan fingerprint density at radius 1 is 1.07 bits per heavy atom. The summed E-state index contributed by atoms with van der Waals surface area (Å²) in [6.45, 7) is -1.26. The van der Waals surface area contributed by atoms with Gasteiger partial charge in [0.2, 0.25) is 0 Å². The molecular formula is C19H16F2N4O4. The third kappa shape index (κ3) is 4.54. The summed E-state index contributed by atoms with van der Waals surface area (Å²) in [7, 11) is 1.28. The highest BCUT2D eigenvalue weighted by Gasteiger charge is 2.18. The van der Waals surface area contributed by atoms with E-state index in [9.17, 15) is 18.4 Å². The van der Waals surface area contributed by atoms with Crippen LogP contribution in [-0.2, 0) is 4.74 Å². The Kier molecular flexibility index (Phi) is 5.82. The molecule has 0 aliphatic heterocycles. The number of hydrogen-bond donors (Lipinski definition) is 1. The van der Waals surface area contributed by atoms with Crippen LogP contribution < -0.4 is 10.1 Å². The summed E-state index contributed by atoms with van der Waals surface area (Å²) in [6.07, 6.45) is 0. The molecule has 0 saturated carbocycles. The van der Waals surface area contributed by atoms with E-state index in [4.69, 9.17) is 0 Å². The number of carbonyl (C=O) groups excluding carboxylic acids is 2. The number of nitrogens with zero attached hydrogens (tertiary/aromatic N) is 3. The normalized spacial score (nSPS) is 10.7. The minimum absolute atomic E-state index is 0.00915. The molecule has 29 heavy (non-hydrogen) atoms. The lowest BCUT2D eigenvalue weighted by Gasteiger charge is -2.07. The molecule has 0 spiro atoms. The SMILES string of the molecule is COC(=O)c1ccc(NC(=O)c2nnn(-c3ccc(OC(F)F)cc3)c2C)cc1. The molecule has 150 valence electrons. The number of esters is 1. The summed E-state index contributed by atoms with van der Waals surface area (Å²) in [4.78, 5) is 24.0. The van der Waals surface area contributed by atoms with Gasteiger partial charge in [0.15, 0.2) is 5.69 Å². The van der Waals surface area contributed by atoms with Gasteiger partial charge in [0.05, 0.1) is 24.1 Å². The zero-order valence-corrected chi connectivity index (χ0v) is 15.4. The zero-order valence-electron chi connectivity index (χ0n) is 15.4. The van der Waals surface area contributed by atoms with E-state index in [0.29, 0.717) is 22.6 Å². The molecule has 1 amide bonds. The number of benzene rings is 2. The van der Waals surface area contributed by atoms with Crippen molar-refractivity contribution in [3.63, 3.8) is 0 Å². The molecule has 0 saturated heterocycles. The summed E-state index contributed by atoms with van der Waals surface area (Å²) in [6, 6.07) is 11.9. The fourth-order valence-electron chi connectivity index (χ4n) is 2.55. The van der Waals surface area contributed by atoms with Crippen LogP contribution in [0, 0.1) is 6.92 Å². The van der Waals surface area contributed by atoms with E-state index >= 15 is 0 Å². The van der Waals surface area contributed by atoms with Gasteiger partial charge >= 0.3 is 12.6 Å². The van der Waals surface area contributed by atoms with Crippen LogP contribution in [0.3, 0.4) is 0 Å². The van der Waals surface area contributed by atoms with Gasteiger partial charge in [0.25, 0.3) is 5.91 Å². The number of anilines is 1. The second-order valence-electron chi connectivity index (χ2n) is 5.83. The number of carbonyl (C=O) groups is 2. The lowest BCUT2D eigenvalue weighted by atomic mass is 10.2. The molecule has 0 bridgehead atoms. The van der Waals surface area contributed by atoms with Crippen LogP contribution in [0.4, 0.5) is 14.5 Å². The van der Waals surface area contributed by atoms with Crippen molar-refractivity contribution in [2.75, 3.05) is 12.4 Å². The summed E-state index contributed by atoms with van der Waals surface area (Å²) >= 11 is 0. The van der Waals surface area contributed by atoms with Gasteiger partial charge in [-0.25, -0.2) is 9.48 Å². The number of rotatable bonds is 6. The predicted octanol–water partition coefficient (Wildman–Crippen LogP) is 3.22. The molecule has 3 aromatic rings. The Bertz CT molecular complexity index is 1020. The zero-order chi connectivity index (χ0) is 21.0. The molecule has 10 heteroatoms. The summed E-state index contributed by atoms with van der Waals surface area (Å²) in [5, 5.41) is 10.5. The van der Waals surface area contributed by atoms with E-state index in [1.54, 1.807) is 19.1 Å². The van der Waals surface area contributed by atoms with Gasteiger partial charge in [-0.05, 0) is 55.5 Å². The van der Waals surface area contributed by atoms with Crippen LogP contribution in [0.15, 0.2) is 48.5 Å². The van der Waals surface area contributed by atoms with E-state index in [-0.39, 0.29) is 11.4 Å². The molecule has 8 nitrogen and oxygen atoms in total. The van der Waals surface area contributed by atoms with Crippen LogP contribution in [0.25, 0.3) is 5.69 Å². The number of aromatic nitrogens is 3. The quantitative estimate of drug-likeness (QED) is 0.636. The van der Waals surface area contributed by atoms with Crippen molar-refractivity contribution < 1.29 is 27.8 Å². The van der Waals surface area contributed by atoms with Gasteiger partial charge in [0, 0.05) is 5.69 Å². The maximum absolute atomic E-state index is 12.5. The molecule has 1 N–H and O–H groups in total. The van der Waals surface area contributed by atoms with Gasteiger partial charge in [-0.2, -0.15) is 8.78 Å². The maximum Gasteiger partial charge on any atom is 0.387 e. The lowest BCUT2D eigenvalue weighted by molar-refractivity contribution is -0.0498. The van der Waals surface area contributed by atoms with Gasteiger partial charge in [0.1, 0.15) is 5.75 Å². The summed E-state index contributed by atoms with van der Waals surface area (Å²) < 4.78 is 34.8. The van der Waals surface area contributed by atoms with Gasteiger partial charge < -0.3 is 14.8 Å². The molecule has 1 aromatic heterocycles. The smallest absolute Gasteiger partial charge is 0.387 e. The van der Waals surface area contributed by atoms with Gasteiger partial charge in [-0.15, -0.1) is 5.10 Å². The van der Waals surface area contributed by atoms with Crippen LogP contribution >= 0.6 is 0 Å². The Hall–Kier alpha value is -3.82. The molecular weight excluding hydrogens is 386 g/mol. The number of methoxy groups -OCH3 is 1. The van der Waals surface area contributed by atoms with Crippen LogP contribution in [0.5, 0.6) is 5.75 Å². The summed E-state index contributed by atoms with van der Waals surface area (Å²) in [5.74, 6) is -0.959. The summed E-state index contributed by atoms with van der Waals surface area (Å²) in [5.41, 5.74) is 1.89. The third-order valence-electron chi connectivity index (χ3n) is 3.98. The lowest BCUT2D eigenvalue weighted by Crippen LogP contribution is -2.14. The fourth-order valence-corrected chi connectivity index (χ4v) is 2.55. The first-order chi connectivity index (χ1) is 13.9. The number of amides is 1. The third-order valence-corrected chi connectivity index (χ3v) is 3.98. The minimum atomic E-state index is -2.91. The first-order valence-electron chi connectivity index (χ1n) is 8.36. The van der Waals surface area contributed by atoms with Crippen molar-refractivity contribution in [3.8, 4) is 11.4 Å². The molecule has 2 aromatic carbocycles. The van der Waals surface area contributed by atoms with E-state index in [0.717, 1.165) is 0 Å². The van der Waals surface area contributed by atoms with Crippen molar-refractivity contribution in [1.29, 1.82) is 0 Å². The number of hydrogen-bond acceptors (Lipinski definition) is 6. The predicted molar refractivity (Wildman–Crippen MR) is 98.5 cm³/mol. The van der Waals surface area contributed by atoms with Gasteiger partial charge in [-0.3, -0.25) is 4.79 Å². The van der Waals surface area contributed by atoms with E-state index in [1.165, 1.54) is 48.2 Å². The highest BCUT2D eigenvalue weighted by molar-refractivity contribution is 6.03. The topological polar surface area (TPSA) is 95.3 Å². The molecule has 0 aliphatic rings. The first-order valence-corrected chi connectivity index (χ1v) is 8.36.